The van der Waals surface area contributed by atoms with Crippen molar-refractivity contribution >= 4 is 11.0 Å². The standard InChI is InChI=1S/C12H15NO3/c13-6-5-10(14)12(15)9-7-16-11-4-2-1-3-8(9)11/h1-4,7,10,12,14-15H,5-6,13H2. The minimum Gasteiger partial charge on any atom is -0.464 e. The van der Waals surface area contributed by atoms with Crippen molar-refractivity contribution in [1.29, 1.82) is 0 Å². The molecule has 0 saturated heterocycles. The quantitative estimate of drug-likeness (QED) is 0.724. The molecule has 0 fully saturated rings. The average Bonchev–Trinajstić information content (AvgIpc) is 2.72. The molecular weight excluding hydrogens is 206 g/mol. The highest BCUT2D eigenvalue weighted by molar-refractivity contribution is 5.81. The molecule has 4 nitrogen and oxygen atoms in total. The molecule has 4 N–H and O–H groups in total. The van der Waals surface area contributed by atoms with Gasteiger partial charge in [-0.1, -0.05) is 18.2 Å². The van der Waals surface area contributed by atoms with Gasteiger partial charge in [-0.15, -0.1) is 0 Å². The molecule has 1 heterocycles. The molecule has 1 aromatic heterocycles. The van der Waals surface area contributed by atoms with E-state index in [0.29, 0.717) is 24.1 Å². The van der Waals surface area contributed by atoms with Crippen molar-refractivity contribution < 1.29 is 14.6 Å². The van der Waals surface area contributed by atoms with Crippen LogP contribution in [0.2, 0.25) is 0 Å². The van der Waals surface area contributed by atoms with Gasteiger partial charge in [0.1, 0.15) is 11.7 Å². The number of furan rings is 1. The topological polar surface area (TPSA) is 79.6 Å². The fourth-order valence-corrected chi connectivity index (χ4v) is 1.76. The van der Waals surface area contributed by atoms with E-state index in [2.05, 4.69) is 0 Å². The van der Waals surface area contributed by atoms with Crippen LogP contribution in [0, 0.1) is 0 Å². The largest absolute Gasteiger partial charge is 0.464 e. The summed E-state index contributed by atoms with van der Waals surface area (Å²) in [6.45, 7) is 0.341. The second-order valence-electron chi connectivity index (χ2n) is 3.78. The Kier molecular flexibility index (Phi) is 3.24. The first-order valence-electron chi connectivity index (χ1n) is 5.26. The third-order valence-electron chi connectivity index (χ3n) is 2.66. The number of para-hydroxylation sites is 1. The number of hydrogen-bond donors (Lipinski definition) is 3. The third kappa shape index (κ3) is 1.95. The molecule has 86 valence electrons. The summed E-state index contributed by atoms with van der Waals surface area (Å²) in [5, 5.41) is 20.4. The van der Waals surface area contributed by atoms with Crippen LogP contribution in [-0.2, 0) is 0 Å². The van der Waals surface area contributed by atoms with Crippen LogP contribution in [0.25, 0.3) is 11.0 Å². The van der Waals surface area contributed by atoms with Crippen molar-refractivity contribution in [2.24, 2.45) is 5.73 Å². The Balaban J connectivity index is 2.32. The predicted octanol–water partition coefficient (Wildman–Crippen LogP) is 1.18. The molecule has 2 atom stereocenters. The van der Waals surface area contributed by atoms with Gasteiger partial charge in [0.2, 0.25) is 0 Å². The van der Waals surface area contributed by atoms with Crippen LogP contribution in [0.15, 0.2) is 34.9 Å². The van der Waals surface area contributed by atoms with E-state index in [9.17, 15) is 10.2 Å². The zero-order valence-corrected chi connectivity index (χ0v) is 8.84. The van der Waals surface area contributed by atoms with Gasteiger partial charge in [-0.2, -0.15) is 0 Å². The van der Waals surface area contributed by atoms with E-state index >= 15 is 0 Å². The molecular formula is C12H15NO3. The summed E-state index contributed by atoms with van der Waals surface area (Å²) >= 11 is 0. The Morgan fingerprint density at radius 1 is 1.25 bits per heavy atom. The Labute approximate surface area is 93.3 Å². The Morgan fingerprint density at radius 2 is 2.00 bits per heavy atom. The lowest BCUT2D eigenvalue weighted by molar-refractivity contribution is 0.0154. The molecule has 1 aromatic carbocycles. The highest BCUT2D eigenvalue weighted by Gasteiger charge is 2.21. The number of aliphatic hydroxyl groups excluding tert-OH is 2. The second-order valence-corrected chi connectivity index (χ2v) is 3.78. The highest BCUT2D eigenvalue weighted by atomic mass is 16.3. The van der Waals surface area contributed by atoms with Crippen molar-refractivity contribution in [3.05, 3.63) is 36.1 Å². The van der Waals surface area contributed by atoms with Gasteiger partial charge in [0.25, 0.3) is 0 Å². The molecule has 16 heavy (non-hydrogen) atoms. The second kappa shape index (κ2) is 4.65. The maximum Gasteiger partial charge on any atom is 0.134 e. The van der Waals surface area contributed by atoms with Gasteiger partial charge in [-0.25, -0.2) is 0 Å². The Bertz CT molecular complexity index is 466. The van der Waals surface area contributed by atoms with E-state index in [4.69, 9.17) is 10.2 Å². The molecule has 0 radical (unpaired) electrons. The summed E-state index contributed by atoms with van der Waals surface area (Å²) in [5.74, 6) is 0. The smallest absolute Gasteiger partial charge is 0.134 e. The molecule has 2 rings (SSSR count). The zero-order chi connectivity index (χ0) is 11.5. The van der Waals surface area contributed by atoms with E-state index in [1.807, 2.05) is 24.3 Å². The average molecular weight is 221 g/mol. The summed E-state index contributed by atoms with van der Waals surface area (Å²) in [5.41, 5.74) is 6.65. The minimum atomic E-state index is -0.952. The van der Waals surface area contributed by atoms with Crippen molar-refractivity contribution in [3.8, 4) is 0 Å². The summed E-state index contributed by atoms with van der Waals surface area (Å²) in [6, 6.07) is 7.40. The lowest BCUT2D eigenvalue weighted by Gasteiger charge is -2.15. The third-order valence-corrected chi connectivity index (χ3v) is 2.66. The Morgan fingerprint density at radius 3 is 2.75 bits per heavy atom. The van der Waals surface area contributed by atoms with E-state index in [1.54, 1.807) is 0 Å². The summed E-state index contributed by atoms with van der Waals surface area (Å²) in [6.07, 6.45) is 0.0358. The Hall–Kier alpha value is -1.36. The van der Waals surface area contributed by atoms with Crippen LogP contribution in [0.5, 0.6) is 0 Å². The van der Waals surface area contributed by atoms with Crippen LogP contribution in [-0.4, -0.2) is 22.9 Å². The maximum atomic E-state index is 9.94. The maximum absolute atomic E-state index is 9.94. The van der Waals surface area contributed by atoms with E-state index in [0.717, 1.165) is 5.39 Å². The molecule has 0 spiro atoms. The first-order chi connectivity index (χ1) is 7.74. The van der Waals surface area contributed by atoms with Gasteiger partial charge in [-0.05, 0) is 19.0 Å². The molecule has 0 aliphatic carbocycles. The van der Waals surface area contributed by atoms with Crippen LogP contribution >= 0.6 is 0 Å². The van der Waals surface area contributed by atoms with Gasteiger partial charge < -0.3 is 20.4 Å². The molecule has 0 saturated carbocycles. The van der Waals surface area contributed by atoms with E-state index < -0.39 is 12.2 Å². The van der Waals surface area contributed by atoms with Crippen LogP contribution in [0.4, 0.5) is 0 Å². The van der Waals surface area contributed by atoms with Crippen LogP contribution in [0.1, 0.15) is 18.1 Å². The number of aliphatic hydroxyl groups is 2. The minimum absolute atomic E-state index is 0.341. The predicted molar refractivity (Wildman–Crippen MR) is 60.9 cm³/mol. The molecule has 0 amide bonds. The first kappa shape index (κ1) is 11.1. The summed E-state index contributed by atoms with van der Waals surface area (Å²) < 4.78 is 5.30. The number of nitrogens with two attached hydrogens (primary N) is 1. The van der Waals surface area contributed by atoms with Crippen LogP contribution < -0.4 is 5.73 Å². The molecule has 0 aliphatic heterocycles. The van der Waals surface area contributed by atoms with Crippen molar-refractivity contribution in [1.82, 2.24) is 0 Å². The van der Waals surface area contributed by atoms with Crippen LogP contribution in [0.3, 0.4) is 0 Å². The number of fused-ring (bicyclic) bond motifs is 1. The van der Waals surface area contributed by atoms with Gasteiger partial charge >= 0.3 is 0 Å². The summed E-state index contributed by atoms with van der Waals surface area (Å²) in [4.78, 5) is 0. The molecule has 2 aromatic rings. The molecule has 2 unspecified atom stereocenters. The summed E-state index contributed by atoms with van der Waals surface area (Å²) in [7, 11) is 0. The van der Waals surface area contributed by atoms with Gasteiger partial charge in [0, 0.05) is 10.9 Å². The van der Waals surface area contributed by atoms with Crippen molar-refractivity contribution in [3.63, 3.8) is 0 Å². The van der Waals surface area contributed by atoms with E-state index in [-0.39, 0.29) is 0 Å². The number of hydrogen-bond acceptors (Lipinski definition) is 4. The van der Waals surface area contributed by atoms with Gasteiger partial charge in [0.05, 0.1) is 12.4 Å². The monoisotopic (exact) mass is 221 g/mol. The van der Waals surface area contributed by atoms with Gasteiger partial charge in [-0.3, -0.25) is 0 Å². The first-order valence-corrected chi connectivity index (χ1v) is 5.26. The normalized spacial score (nSPS) is 15.2. The zero-order valence-electron chi connectivity index (χ0n) is 8.84. The fourth-order valence-electron chi connectivity index (χ4n) is 1.76. The molecule has 0 aliphatic rings. The molecule has 0 bridgehead atoms. The highest BCUT2D eigenvalue weighted by Crippen LogP contribution is 2.28. The van der Waals surface area contributed by atoms with Crippen molar-refractivity contribution in [2.45, 2.75) is 18.6 Å². The number of rotatable bonds is 4. The SMILES string of the molecule is NCCC(O)C(O)c1coc2ccccc12. The van der Waals surface area contributed by atoms with E-state index in [1.165, 1.54) is 6.26 Å². The number of benzene rings is 1. The fraction of sp³-hybridized carbons (Fsp3) is 0.333. The lowest BCUT2D eigenvalue weighted by Crippen LogP contribution is -2.21. The molecule has 4 heteroatoms. The lowest BCUT2D eigenvalue weighted by atomic mass is 10.0. The van der Waals surface area contributed by atoms with Gasteiger partial charge in [0.15, 0.2) is 0 Å². The van der Waals surface area contributed by atoms with Crippen molar-refractivity contribution in [2.75, 3.05) is 6.54 Å².